The molecule has 1 fully saturated rings. The molecule has 0 aromatic rings. The van der Waals surface area contributed by atoms with Crippen molar-refractivity contribution in [2.45, 2.75) is 65.5 Å². The minimum absolute atomic E-state index is 0. The number of nitrogens with one attached hydrogen (secondary N) is 2. The lowest BCUT2D eigenvalue weighted by Gasteiger charge is -2.32. The summed E-state index contributed by atoms with van der Waals surface area (Å²) in [6.07, 6.45) is 4.18. The van der Waals surface area contributed by atoms with Gasteiger partial charge in [-0.15, -0.1) is 24.0 Å². The van der Waals surface area contributed by atoms with Crippen LogP contribution in [0.5, 0.6) is 0 Å². The molecule has 1 aliphatic carbocycles. The largest absolute Gasteiger partial charge is 0.355 e. The van der Waals surface area contributed by atoms with Gasteiger partial charge in [0.05, 0.1) is 5.41 Å². The summed E-state index contributed by atoms with van der Waals surface area (Å²) < 4.78 is 0. The Labute approximate surface area is 177 Å². The smallest absolute Gasteiger partial charge is 0.230 e. The van der Waals surface area contributed by atoms with Crippen LogP contribution in [0.15, 0.2) is 4.99 Å². The Balaban J connectivity index is 0.00000625. The fourth-order valence-electron chi connectivity index (χ4n) is 3.88. The van der Waals surface area contributed by atoms with Crippen molar-refractivity contribution in [2.24, 2.45) is 10.4 Å². The number of nitrogens with zero attached hydrogens (tertiary/aromatic N) is 3. The lowest BCUT2D eigenvalue weighted by atomic mass is 9.84. The molecule has 1 amide bonds. The molecule has 1 rings (SSSR count). The molecule has 6 nitrogen and oxygen atoms in total. The van der Waals surface area contributed by atoms with E-state index < -0.39 is 0 Å². The van der Waals surface area contributed by atoms with Crippen LogP contribution in [0.25, 0.3) is 0 Å². The molecule has 2 N–H and O–H groups in total. The molecule has 0 aromatic carbocycles. The van der Waals surface area contributed by atoms with Crippen molar-refractivity contribution in [1.29, 1.82) is 0 Å². The number of hydrogen-bond donors (Lipinski definition) is 2. The van der Waals surface area contributed by atoms with E-state index in [1.807, 2.05) is 14.1 Å². The highest BCUT2D eigenvalue weighted by Gasteiger charge is 2.42. The number of hydrogen-bond acceptors (Lipinski definition) is 3. The van der Waals surface area contributed by atoms with Gasteiger partial charge in [0.1, 0.15) is 0 Å². The van der Waals surface area contributed by atoms with Gasteiger partial charge in [0.25, 0.3) is 0 Å². The fraction of sp³-hybridized carbons (Fsp3) is 0.895. The van der Waals surface area contributed by atoms with Crippen molar-refractivity contribution < 1.29 is 4.79 Å². The van der Waals surface area contributed by atoms with Gasteiger partial charge in [-0.2, -0.15) is 0 Å². The molecule has 154 valence electrons. The second-order valence-electron chi connectivity index (χ2n) is 7.96. The lowest BCUT2D eigenvalue weighted by molar-refractivity contribution is -0.138. The predicted molar refractivity (Wildman–Crippen MR) is 121 cm³/mol. The first kappa shape index (κ1) is 25.4. The van der Waals surface area contributed by atoms with Crippen LogP contribution >= 0.6 is 24.0 Å². The average molecular weight is 481 g/mol. The van der Waals surface area contributed by atoms with Gasteiger partial charge in [0.2, 0.25) is 5.91 Å². The summed E-state index contributed by atoms with van der Waals surface area (Å²) in [5.74, 6) is 1.02. The number of aliphatic imine (C=N–C) groups is 1. The summed E-state index contributed by atoms with van der Waals surface area (Å²) in [6, 6.07) is 1.05. The molecular weight excluding hydrogens is 441 g/mol. The molecule has 7 heteroatoms. The minimum Gasteiger partial charge on any atom is -0.355 e. The monoisotopic (exact) mass is 481 g/mol. The first-order valence-corrected chi connectivity index (χ1v) is 9.65. The molecule has 0 saturated heterocycles. The molecule has 0 atom stereocenters. The van der Waals surface area contributed by atoms with Crippen molar-refractivity contribution in [3.05, 3.63) is 0 Å². The van der Waals surface area contributed by atoms with Gasteiger partial charge in [-0.3, -0.25) is 14.7 Å². The van der Waals surface area contributed by atoms with E-state index in [4.69, 9.17) is 0 Å². The number of carbonyl (C=O) groups is 1. The third-order valence-electron chi connectivity index (χ3n) is 5.23. The minimum atomic E-state index is -0.275. The maximum absolute atomic E-state index is 12.6. The summed E-state index contributed by atoms with van der Waals surface area (Å²) in [5.41, 5.74) is -0.275. The van der Waals surface area contributed by atoms with E-state index in [1.54, 1.807) is 11.9 Å². The van der Waals surface area contributed by atoms with Crippen molar-refractivity contribution in [2.75, 3.05) is 40.8 Å². The van der Waals surface area contributed by atoms with E-state index in [0.29, 0.717) is 18.6 Å². The molecule has 1 saturated carbocycles. The number of guanidine groups is 1. The van der Waals surface area contributed by atoms with Crippen LogP contribution in [-0.4, -0.2) is 74.5 Å². The van der Waals surface area contributed by atoms with Crippen molar-refractivity contribution in [3.63, 3.8) is 0 Å². The second kappa shape index (κ2) is 12.0. The van der Waals surface area contributed by atoms with E-state index in [1.165, 1.54) is 0 Å². The first-order valence-electron chi connectivity index (χ1n) is 9.65. The van der Waals surface area contributed by atoms with Crippen LogP contribution in [0.3, 0.4) is 0 Å². The molecule has 0 bridgehead atoms. The van der Waals surface area contributed by atoms with E-state index in [9.17, 15) is 4.79 Å². The maximum atomic E-state index is 12.6. The van der Waals surface area contributed by atoms with E-state index in [0.717, 1.165) is 44.7 Å². The van der Waals surface area contributed by atoms with Crippen LogP contribution in [0.4, 0.5) is 0 Å². The highest BCUT2D eigenvalue weighted by molar-refractivity contribution is 14.0. The zero-order chi connectivity index (χ0) is 19.0. The van der Waals surface area contributed by atoms with Gasteiger partial charge in [-0.05, 0) is 40.5 Å². The summed E-state index contributed by atoms with van der Waals surface area (Å²) >= 11 is 0. The standard InChI is InChI=1S/C19H39N5O.HI/c1-15(2)24(16(3)4)13-12-21-18(20-5)22-14-19(10-8-9-11-19)17(25)23(6)7;/h15-16H,8-14H2,1-7H3,(H2,20,21,22);1H. The molecule has 0 unspecified atom stereocenters. The van der Waals surface area contributed by atoms with Crippen LogP contribution < -0.4 is 10.6 Å². The Morgan fingerprint density at radius 1 is 1.08 bits per heavy atom. The highest BCUT2D eigenvalue weighted by atomic mass is 127. The van der Waals surface area contributed by atoms with E-state index in [2.05, 4.69) is 48.2 Å². The third-order valence-corrected chi connectivity index (χ3v) is 5.23. The Bertz CT molecular complexity index is 437. The van der Waals surface area contributed by atoms with Gasteiger partial charge < -0.3 is 15.5 Å². The van der Waals surface area contributed by atoms with Crippen molar-refractivity contribution in [1.82, 2.24) is 20.4 Å². The Morgan fingerprint density at radius 2 is 1.62 bits per heavy atom. The second-order valence-corrected chi connectivity index (χ2v) is 7.96. The topological polar surface area (TPSA) is 60.0 Å². The molecule has 0 radical (unpaired) electrons. The summed E-state index contributed by atoms with van der Waals surface area (Å²) in [7, 11) is 5.48. The van der Waals surface area contributed by atoms with Crippen LogP contribution in [0, 0.1) is 5.41 Å². The molecule has 0 spiro atoms. The quantitative estimate of drug-likeness (QED) is 0.318. The normalized spacial score (nSPS) is 16.8. The average Bonchev–Trinajstić information content (AvgIpc) is 3.02. The number of carbonyl (C=O) groups excluding carboxylic acids is 1. The summed E-state index contributed by atoms with van der Waals surface area (Å²) in [6.45, 7) is 11.4. The summed E-state index contributed by atoms with van der Waals surface area (Å²) in [5, 5.41) is 6.78. The van der Waals surface area contributed by atoms with Crippen molar-refractivity contribution >= 4 is 35.8 Å². The Kier molecular flexibility index (Phi) is 11.7. The first-order chi connectivity index (χ1) is 11.7. The van der Waals surface area contributed by atoms with Crippen molar-refractivity contribution in [3.8, 4) is 0 Å². The predicted octanol–water partition coefficient (Wildman–Crippen LogP) is 2.54. The van der Waals surface area contributed by atoms with E-state index >= 15 is 0 Å². The van der Waals surface area contributed by atoms with Crippen LogP contribution in [-0.2, 0) is 4.79 Å². The maximum Gasteiger partial charge on any atom is 0.230 e. The summed E-state index contributed by atoms with van der Waals surface area (Å²) in [4.78, 5) is 21.1. The molecular formula is C19H40IN5O. The SMILES string of the molecule is CN=C(NCCN(C(C)C)C(C)C)NCC1(C(=O)N(C)C)CCCC1.I. The molecule has 26 heavy (non-hydrogen) atoms. The highest BCUT2D eigenvalue weighted by Crippen LogP contribution is 2.38. The zero-order valence-electron chi connectivity index (χ0n) is 17.8. The van der Waals surface area contributed by atoms with Gasteiger partial charge in [-0.1, -0.05) is 12.8 Å². The molecule has 0 heterocycles. The Morgan fingerprint density at radius 3 is 2.04 bits per heavy atom. The molecule has 0 aliphatic heterocycles. The van der Waals surface area contributed by atoms with Gasteiger partial charge in [-0.25, -0.2) is 0 Å². The number of rotatable bonds is 8. The lowest BCUT2D eigenvalue weighted by Crippen LogP contribution is -2.50. The zero-order valence-corrected chi connectivity index (χ0v) is 20.1. The number of amides is 1. The third kappa shape index (κ3) is 7.21. The Hall–Kier alpha value is -0.570. The number of halogens is 1. The van der Waals surface area contributed by atoms with E-state index in [-0.39, 0.29) is 35.3 Å². The van der Waals surface area contributed by atoms with Crippen LogP contribution in [0.2, 0.25) is 0 Å². The van der Waals surface area contributed by atoms with Gasteiger partial charge in [0, 0.05) is 52.9 Å². The fourth-order valence-corrected chi connectivity index (χ4v) is 3.88. The van der Waals surface area contributed by atoms with Gasteiger partial charge >= 0.3 is 0 Å². The molecule has 1 aliphatic rings. The van der Waals surface area contributed by atoms with Gasteiger partial charge in [0.15, 0.2) is 5.96 Å². The molecule has 0 aromatic heterocycles. The van der Waals surface area contributed by atoms with Crippen LogP contribution in [0.1, 0.15) is 53.4 Å².